The van der Waals surface area contributed by atoms with Crippen LogP contribution in [0.5, 0.6) is 0 Å². The number of aryl methyl sites for hydroxylation is 1. The van der Waals surface area contributed by atoms with Crippen molar-refractivity contribution >= 4 is 22.4 Å². The number of rotatable bonds is 4. The zero-order valence-corrected chi connectivity index (χ0v) is 19.1. The van der Waals surface area contributed by atoms with Crippen molar-refractivity contribution in [1.82, 2.24) is 15.2 Å². The van der Waals surface area contributed by atoms with Gasteiger partial charge in [0.05, 0.1) is 17.3 Å². The number of nitrogens with one attached hydrogen (secondary N) is 1. The van der Waals surface area contributed by atoms with Gasteiger partial charge in [-0.1, -0.05) is 19.1 Å². The third-order valence-electron chi connectivity index (χ3n) is 6.53. The van der Waals surface area contributed by atoms with Crippen molar-refractivity contribution in [1.29, 1.82) is 5.26 Å². The summed E-state index contributed by atoms with van der Waals surface area (Å²) in [4.78, 5) is 7.14. The van der Waals surface area contributed by atoms with E-state index in [9.17, 15) is 5.26 Å². The molecule has 1 aliphatic rings. The van der Waals surface area contributed by atoms with E-state index >= 15 is 0 Å². The Morgan fingerprint density at radius 3 is 2.62 bits per heavy atom. The molecule has 7 heteroatoms. The predicted octanol–water partition coefficient (Wildman–Crippen LogP) is 4.60. The SMILES string of the molecule is Cc1c(C#N)cccc1[C@@H](N)Nc1nnc(C)c2cnc(N3CCCC(C)CCC3)cc12. The number of hydrogen-bond donors (Lipinski definition) is 2. The summed E-state index contributed by atoms with van der Waals surface area (Å²) in [6, 6.07) is 9.92. The molecule has 1 aliphatic heterocycles. The van der Waals surface area contributed by atoms with E-state index in [1.165, 1.54) is 25.7 Å². The summed E-state index contributed by atoms with van der Waals surface area (Å²) in [6.07, 6.45) is 6.27. The standard InChI is InChI=1S/C25H31N7/c1-16-7-5-11-32(12-6-8-16)23-13-21-22(15-28-23)18(3)30-31-25(21)29-24(27)20-10-4-9-19(14-26)17(20)2/h4,9-10,13,15-16,24H,5-8,11-12,27H2,1-3H3,(H,29,31)/t24-/m0/s1. The minimum atomic E-state index is -0.511. The Labute approximate surface area is 189 Å². The Kier molecular flexibility index (Phi) is 6.52. The lowest BCUT2D eigenvalue weighted by Crippen LogP contribution is -2.29. The van der Waals surface area contributed by atoms with Gasteiger partial charge in [-0.15, -0.1) is 5.10 Å². The van der Waals surface area contributed by atoms with Crippen LogP contribution in [-0.2, 0) is 0 Å². The summed E-state index contributed by atoms with van der Waals surface area (Å²) >= 11 is 0. The van der Waals surface area contributed by atoms with Gasteiger partial charge in [-0.2, -0.15) is 10.4 Å². The molecule has 1 saturated heterocycles. The maximum atomic E-state index is 9.35. The van der Waals surface area contributed by atoms with Gasteiger partial charge in [-0.3, -0.25) is 0 Å². The molecule has 0 bridgehead atoms. The molecule has 0 saturated carbocycles. The number of anilines is 2. The Morgan fingerprint density at radius 2 is 1.91 bits per heavy atom. The van der Waals surface area contributed by atoms with Crippen LogP contribution >= 0.6 is 0 Å². The van der Waals surface area contributed by atoms with Gasteiger partial charge in [-0.25, -0.2) is 4.98 Å². The highest BCUT2D eigenvalue weighted by Gasteiger charge is 2.18. The molecule has 2 aromatic heterocycles. The first-order valence-corrected chi connectivity index (χ1v) is 11.4. The van der Waals surface area contributed by atoms with E-state index < -0.39 is 6.17 Å². The number of nitrogens with two attached hydrogens (primary N) is 1. The fraction of sp³-hybridized carbons (Fsp3) is 0.440. The zero-order valence-electron chi connectivity index (χ0n) is 19.1. The first kappa shape index (κ1) is 22.0. The Morgan fingerprint density at radius 1 is 1.16 bits per heavy atom. The Bertz CT molecular complexity index is 1140. The van der Waals surface area contributed by atoms with Crippen LogP contribution in [0.15, 0.2) is 30.5 Å². The van der Waals surface area contributed by atoms with Crippen LogP contribution in [0.2, 0.25) is 0 Å². The average Bonchev–Trinajstić information content (AvgIpc) is 2.78. The maximum Gasteiger partial charge on any atom is 0.158 e. The number of fused-ring (bicyclic) bond motifs is 1. The summed E-state index contributed by atoms with van der Waals surface area (Å²) in [5, 5.41) is 23.3. The van der Waals surface area contributed by atoms with Crippen molar-refractivity contribution < 1.29 is 0 Å². The minimum Gasteiger partial charge on any atom is -0.357 e. The fourth-order valence-corrected chi connectivity index (χ4v) is 4.52. The quantitative estimate of drug-likeness (QED) is 0.584. The summed E-state index contributed by atoms with van der Waals surface area (Å²) in [5.41, 5.74) is 9.70. The smallest absolute Gasteiger partial charge is 0.158 e. The van der Waals surface area contributed by atoms with Crippen LogP contribution in [0.4, 0.5) is 11.6 Å². The average molecular weight is 430 g/mol. The number of nitrogens with zero attached hydrogens (tertiary/aromatic N) is 5. The van der Waals surface area contributed by atoms with Crippen LogP contribution in [0.3, 0.4) is 0 Å². The lowest BCUT2D eigenvalue weighted by atomic mass is 9.97. The lowest BCUT2D eigenvalue weighted by molar-refractivity contribution is 0.433. The highest BCUT2D eigenvalue weighted by molar-refractivity contribution is 5.94. The van der Waals surface area contributed by atoms with Gasteiger partial charge >= 0.3 is 0 Å². The lowest BCUT2D eigenvalue weighted by Gasteiger charge is -2.28. The topological polar surface area (TPSA) is 104 Å². The van der Waals surface area contributed by atoms with Crippen LogP contribution in [0, 0.1) is 31.1 Å². The van der Waals surface area contributed by atoms with Gasteiger partial charge in [0.2, 0.25) is 0 Å². The third-order valence-corrected chi connectivity index (χ3v) is 6.53. The van der Waals surface area contributed by atoms with Gasteiger partial charge in [0, 0.05) is 30.1 Å². The van der Waals surface area contributed by atoms with E-state index in [1.807, 2.05) is 32.2 Å². The molecule has 7 nitrogen and oxygen atoms in total. The van der Waals surface area contributed by atoms with Gasteiger partial charge in [-0.05, 0) is 68.7 Å². The van der Waals surface area contributed by atoms with E-state index in [4.69, 9.17) is 10.7 Å². The van der Waals surface area contributed by atoms with Crippen LogP contribution < -0.4 is 16.0 Å². The number of pyridine rings is 1. The van der Waals surface area contributed by atoms with E-state index in [0.29, 0.717) is 11.4 Å². The molecule has 3 N–H and O–H groups in total. The third kappa shape index (κ3) is 4.51. The molecule has 0 unspecified atom stereocenters. The monoisotopic (exact) mass is 429 g/mol. The molecule has 1 fully saturated rings. The van der Waals surface area contributed by atoms with Crippen LogP contribution in [0.25, 0.3) is 10.8 Å². The van der Waals surface area contributed by atoms with Crippen molar-refractivity contribution in [3.05, 3.63) is 52.8 Å². The summed E-state index contributed by atoms with van der Waals surface area (Å²) in [6.45, 7) is 8.24. The largest absolute Gasteiger partial charge is 0.357 e. The molecular formula is C25H31N7. The predicted molar refractivity (Wildman–Crippen MR) is 128 cm³/mol. The second kappa shape index (κ2) is 9.49. The molecule has 0 aliphatic carbocycles. The van der Waals surface area contributed by atoms with E-state index in [2.05, 4.69) is 39.5 Å². The molecule has 1 aromatic carbocycles. The molecule has 3 aromatic rings. The number of hydrogen-bond acceptors (Lipinski definition) is 7. The van der Waals surface area contributed by atoms with Crippen LogP contribution in [-0.4, -0.2) is 28.3 Å². The molecule has 0 radical (unpaired) electrons. The minimum absolute atomic E-state index is 0.511. The highest BCUT2D eigenvalue weighted by Crippen LogP contribution is 2.29. The molecule has 0 spiro atoms. The molecule has 166 valence electrons. The summed E-state index contributed by atoms with van der Waals surface area (Å²) < 4.78 is 0. The zero-order chi connectivity index (χ0) is 22.7. The highest BCUT2D eigenvalue weighted by atomic mass is 15.2. The summed E-state index contributed by atoms with van der Waals surface area (Å²) in [5.74, 6) is 2.41. The van der Waals surface area contributed by atoms with Gasteiger partial charge < -0.3 is 16.0 Å². The van der Waals surface area contributed by atoms with Crippen molar-refractivity contribution in [3.8, 4) is 6.07 Å². The maximum absolute atomic E-state index is 9.35. The first-order chi connectivity index (χ1) is 15.5. The van der Waals surface area contributed by atoms with Gasteiger partial charge in [0.25, 0.3) is 0 Å². The van der Waals surface area contributed by atoms with Crippen LogP contribution in [0.1, 0.15) is 61.2 Å². The van der Waals surface area contributed by atoms with E-state index in [1.54, 1.807) is 6.07 Å². The summed E-state index contributed by atoms with van der Waals surface area (Å²) in [7, 11) is 0. The number of aromatic nitrogens is 3. The Hall–Kier alpha value is -3.24. The Balaban J connectivity index is 1.67. The molecule has 0 amide bonds. The van der Waals surface area contributed by atoms with E-state index in [-0.39, 0.29) is 0 Å². The fourth-order valence-electron chi connectivity index (χ4n) is 4.52. The first-order valence-electron chi connectivity index (χ1n) is 11.4. The van der Waals surface area contributed by atoms with Crippen molar-refractivity contribution in [3.63, 3.8) is 0 Å². The second-order valence-corrected chi connectivity index (χ2v) is 8.85. The van der Waals surface area contributed by atoms with Crippen molar-refractivity contribution in [2.45, 2.75) is 52.6 Å². The van der Waals surface area contributed by atoms with Crippen molar-refractivity contribution in [2.24, 2.45) is 11.7 Å². The number of benzene rings is 1. The normalized spacial score (nSPS) is 16.3. The van der Waals surface area contributed by atoms with E-state index in [0.717, 1.165) is 52.4 Å². The van der Waals surface area contributed by atoms with Gasteiger partial charge in [0.15, 0.2) is 5.82 Å². The van der Waals surface area contributed by atoms with Gasteiger partial charge in [0.1, 0.15) is 12.0 Å². The molecule has 32 heavy (non-hydrogen) atoms. The number of nitriles is 1. The van der Waals surface area contributed by atoms with Crippen molar-refractivity contribution in [2.75, 3.05) is 23.3 Å². The molecule has 1 atom stereocenters. The molecule has 4 rings (SSSR count). The molecular weight excluding hydrogens is 398 g/mol. The second-order valence-electron chi connectivity index (χ2n) is 8.85. The molecule has 3 heterocycles.